The van der Waals surface area contributed by atoms with E-state index in [1.54, 1.807) is 47.7 Å². The van der Waals surface area contributed by atoms with Gasteiger partial charge in [0, 0.05) is 69.5 Å². The Morgan fingerprint density at radius 3 is 1.98 bits per heavy atom. The van der Waals surface area contributed by atoms with Gasteiger partial charge in [-0.3, -0.25) is 0 Å². The van der Waals surface area contributed by atoms with Crippen LogP contribution in [0.5, 0.6) is 0 Å². The molecule has 0 aliphatic heterocycles. The third kappa shape index (κ3) is 4.30. The highest BCUT2D eigenvalue weighted by molar-refractivity contribution is 7.25. The number of aromatic nitrogens is 3. The van der Waals surface area contributed by atoms with Gasteiger partial charge >= 0.3 is 0 Å². The van der Waals surface area contributed by atoms with Crippen LogP contribution in [-0.4, -0.2) is 15.0 Å². The third-order valence-corrected chi connectivity index (χ3v) is 10.1. The van der Waals surface area contributed by atoms with E-state index >= 15 is 0 Å². The summed E-state index contributed by atoms with van der Waals surface area (Å²) in [5, 5.41) is 2.78. The number of hydrogen-bond acceptors (Lipinski definition) is 6. The molecule has 0 saturated carbocycles. The first-order valence-electron chi connectivity index (χ1n) is 21.9. The fourth-order valence-corrected chi connectivity index (χ4v) is 7.93. The van der Waals surface area contributed by atoms with E-state index in [9.17, 15) is 0 Å². The normalized spacial score (nSPS) is 15.2. The smallest absolute Gasteiger partial charge is 0.164 e. The lowest BCUT2D eigenvalue weighted by atomic mass is 9.98. The maximum Gasteiger partial charge on any atom is 0.164 e. The summed E-state index contributed by atoms with van der Waals surface area (Å²) < 4.78 is 118. The maximum absolute atomic E-state index is 9.12. The molecule has 4 aromatic heterocycles. The highest BCUT2D eigenvalue weighted by Gasteiger charge is 2.22. The number of nitrogens with zero attached hydrogens (tertiary/aromatic N) is 3. The molecule has 0 radical (unpaired) electrons. The zero-order valence-corrected chi connectivity index (χ0v) is 26.9. The Morgan fingerprint density at radius 1 is 0.431 bits per heavy atom. The Kier molecular flexibility index (Phi) is 4.06. The Bertz CT molecular complexity index is 3830. The van der Waals surface area contributed by atoms with E-state index in [0.29, 0.717) is 33.0 Å². The molecule has 4 heterocycles. The van der Waals surface area contributed by atoms with E-state index in [4.69, 9.17) is 40.2 Å². The van der Waals surface area contributed by atoms with Crippen molar-refractivity contribution in [2.45, 2.75) is 0 Å². The van der Waals surface area contributed by atoms with Gasteiger partial charge in [-0.15, -0.1) is 11.3 Å². The molecule has 7 aromatic carbocycles. The van der Waals surface area contributed by atoms with Crippen LogP contribution in [0.1, 0.15) is 16.4 Å². The van der Waals surface area contributed by atoms with Crippen molar-refractivity contribution in [2.24, 2.45) is 0 Å². The van der Waals surface area contributed by atoms with Crippen molar-refractivity contribution in [1.82, 2.24) is 15.0 Å². The lowest BCUT2D eigenvalue weighted by Gasteiger charge is -2.10. The van der Waals surface area contributed by atoms with Crippen molar-refractivity contribution < 1.29 is 25.3 Å². The van der Waals surface area contributed by atoms with E-state index in [-0.39, 0.29) is 62.2 Å². The monoisotopic (exact) mass is 683 g/mol. The second-order valence-electron chi connectivity index (χ2n) is 11.8. The molecule has 0 amide bonds. The molecule has 238 valence electrons. The van der Waals surface area contributed by atoms with E-state index in [1.165, 1.54) is 0 Å². The highest BCUT2D eigenvalue weighted by atomic mass is 32.1. The van der Waals surface area contributed by atoms with E-state index < -0.39 is 66.5 Å². The molecule has 0 aliphatic carbocycles. The van der Waals surface area contributed by atoms with Gasteiger partial charge in [0.15, 0.2) is 17.5 Å². The number of benzene rings is 7. The summed E-state index contributed by atoms with van der Waals surface area (Å²) in [6.07, 6.45) is 0. The van der Waals surface area contributed by atoms with Crippen LogP contribution in [0.15, 0.2) is 160 Å². The van der Waals surface area contributed by atoms with E-state index in [0.717, 1.165) is 20.2 Å². The number of fused-ring (bicyclic) bond motifs is 9. The lowest BCUT2D eigenvalue weighted by molar-refractivity contribution is 0.665. The summed E-state index contributed by atoms with van der Waals surface area (Å²) in [6.45, 7) is 0. The van der Waals surface area contributed by atoms with Gasteiger partial charge in [-0.1, -0.05) is 127 Å². The number of thiophene rings is 1. The molecule has 0 fully saturated rings. The SMILES string of the molecule is [2H]c1c([2H])c([2H])c(-c2nc(-c3cccc4oc5c(-c6c([2H])c([2H])c([2H])c7c6oc6c([2H])c([2H])c([2H])c([2H])c67)cccc5c34)nc(-c3cccc4sc5ccccc5c34)n2)c([2H])c1[2H]. The minimum Gasteiger partial charge on any atom is -0.455 e. The summed E-state index contributed by atoms with van der Waals surface area (Å²) in [7, 11) is 0. The van der Waals surface area contributed by atoms with Gasteiger partial charge in [0.25, 0.3) is 0 Å². The molecule has 5 nitrogen and oxygen atoms in total. The molecule has 0 N–H and O–H groups in total. The number of para-hydroxylation sites is 3. The van der Waals surface area contributed by atoms with Crippen LogP contribution in [-0.2, 0) is 0 Å². The lowest BCUT2D eigenvalue weighted by Crippen LogP contribution is -2.00. The summed E-state index contributed by atoms with van der Waals surface area (Å²) >= 11 is 1.60. The summed E-state index contributed by atoms with van der Waals surface area (Å²) in [6, 6.07) is 18.2. The molecule has 0 spiro atoms. The predicted octanol–water partition coefficient (Wildman–Crippen LogP) is 12.7. The van der Waals surface area contributed by atoms with Crippen molar-refractivity contribution in [3.05, 3.63) is 151 Å². The standard InChI is InChI=1S/C45H25N3O2S/c1-2-12-26(13-3-1)43-46-44(48-45(47-43)34-21-11-25-38-40(34)31-15-5-7-24-37(31)51-38)33-20-10-23-36-39(33)32-19-9-18-30(42(32)50-36)29-17-8-16-28-27-14-4-6-22-35(27)49-41(28)29/h1-25H/i1D,2D,3D,4D,6D,8D,12D,13D,14D,16D,17D,22D. The molecular weight excluding hydrogens is 647 g/mol. The quantitative estimate of drug-likeness (QED) is 0.185. The number of rotatable bonds is 4. The molecule has 11 aromatic rings. The second-order valence-corrected chi connectivity index (χ2v) is 12.9. The van der Waals surface area contributed by atoms with Crippen molar-refractivity contribution in [3.8, 4) is 45.3 Å². The fourth-order valence-electron chi connectivity index (χ4n) is 6.80. The Labute approximate surface area is 311 Å². The van der Waals surface area contributed by atoms with Crippen molar-refractivity contribution in [3.63, 3.8) is 0 Å². The van der Waals surface area contributed by atoms with Gasteiger partial charge in [-0.25, -0.2) is 15.0 Å². The van der Waals surface area contributed by atoms with Crippen LogP contribution in [0.4, 0.5) is 0 Å². The highest BCUT2D eigenvalue weighted by Crippen LogP contribution is 2.44. The summed E-state index contributed by atoms with van der Waals surface area (Å²) in [5.74, 6) is 0.154. The fraction of sp³-hybridized carbons (Fsp3) is 0. The van der Waals surface area contributed by atoms with E-state index in [1.807, 2.05) is 42.5 Å². The minimum absolute atomic E-state index is 0.0342. The molecule has 0 bridgehead atoms. The second kappa shape index (κ2) is 10.9. The van der Waals surface area contributed by atoms with Crippen molar-refractivity contribution >= 4 is 75.4 Å². The van der Waals surface area contributed by atoms with Crippen LogP contribution < -0.4 is 0 Å². The van der Waals surface area contributed by atoms with Crippen molar-refractivity contribution in [2.75, 3.05) is 0 Å². The van der Waals surface area contributed by atoms with E-state index in [2.05, 4.69) is 0 Å². The molecule has 51 heavy (non-hydrogen) atoms. The largest absolute Gasteiger partial charge is 0.455 e. The molecule has 0 unspecified atom stereocenters. The number of hydrogen-bond donors (Lipinski definition) is 0. The van der Waals surface area contributed by atoms with Crippen LogP contribution >= 0.6 is 11.3 Å². The van der Waals surface area contributed by atoms with Gasteiger partial charge in [-0.05, 0) is 24.2 Å². The zero-order valence-electron chi connectivity index (χ0n) is 38.1. The summed E-state index contributed by atoms with van der Waals surface area (Å²) in [5.41, 5.74) is 1.55. The Balaban J connectivity index is 1.21. The first-order valence-corrected chi connectivity index (χ1v) is 16.7. The average molecular weight is 684 g/mol. The van der Waals surface area contributed by atoms with Crippen molar-refractivity contribution in [1.29, 1.82) is 0 Å². The zero-order chi connectivity index (χ0) is 43.9. The maximum atomic E-state index is 9.12. The van der Waals surface area contributed by atoms with Crippen LogP contribution in [0.3, 0.4) is 0 Å². The Hall–Kier alpha value is -6.63. The average Bonchev–Trinajstić information content (AvgIpc) is 4.00. The van der Waals surface area contributed by atoms with Gasteiger partial charge < -0.3 is 8.83 Å². The van der Waals surface area contributed by atoms with Gasteiger partial charge in [0.2, 0.25) is 0 Å². The van der Waals surface area contributed by atoms with Gasteiger partial charge in [-0.2, -0.15) is 0 Å². The topological polar surface area (TPSA) is 65.0 Å². The molecule has 11 rings (SSSR count). The predicted molar refractivity (Wildman–Crippen MR) is 209 cm³/mol. The summed E-state index contributed by atoms with van der Waals surface area (Å²) in [4.78, 5) is 14.7. The molecule has 0 aliphatic rings. The molecule has 0 atom stereocenters. The Morgan fingerprint density at radius 2 is 1.08 bits per heavy atom. The van der Waals surface area contributed by atoms with Crippen LogP contribution in [0.2, 0.25) is 0 Å². The first-order chi connectivity index (χ1) is 30.3. The number of furan rings is 2. The van der Waals surface area contributed by atoms with Crippen LogP contribution in [0.25, 0.3) is 109 Å². The third-order valence-electron chi connectivity index (χ3n) is 8.97. The van der Waals surface area contributed by atoms with Gasteiger partial charge in [0.05, 0.1) is 16.4 Å². The first kappa shape index (κ1) is 18.9. The molecule has 6 heteroatoms. The minimum atomic E-state index is -0.559. The molecular formula is C45H25N3O2S. The van der Waals surface area contributed by atoms with Gasteiger partial charge in [0.1, 0.15) is 22.3 Å². The van der Waals surface area contributed by atoms with Crippen LogP contribution in [0, 0.1) is 0 Å². The molecule has 0 saturated heterocycles.